The smallest absolute Gasteiger partial charge is 0.336 e. The number of hydrogen-bond donors (Lipinski definition) is 2. The van der Waals surface area contributed by atoms with Gasteiger partial charge < -0.3 is 9.84 Å². The van der Waals surface area contributed by atoms with Gasteiger partial charge in [-0.15, -0.1) is 0 Å². The van der Waals surface area contributed by atoms with E-state index in [1.165, 1.54) is 12.1 Å². The molecule has 0 amide bonds. The Morgan fingerprint density at radius 3 is 2.71 bits per heavy atom. The third-order valence-corrected chi connectivity index (χ3v) is 5.24. The van der Waals surface area contributed by atoms with Gasteiger partial charge in [0, 0.05) is 6.61 Å². The fourth-order valence-corrected chi connectivity index (χ4v) is 3.81. The zero-order chi connectivity index (χ0) is 15.7. The van der Waals surface area contributed by atoms with Crippen LogP contribution in [0.15, 0.2) is 23.1 Å². The number of carbonyl (C=O) groups is 1. The molecule has 1 heterocycles. The Hall–Kier alpha value is -1.44. The van der Waals surface area contributed by atoms with Crippen LogP contribution < -0.4 is 4.72 Å². The summed E-state index contributed by atoms with van der Waals surface area (Å²) in [6.45, 7) is 4.42. The van der Waals surface area contributed by atoms with Gasteiger partial charge in [-0.1, -0.05) is 13.0 Å². The van der Waals surface area contributed by atoms with Crippen LogP contribution in [0.1, 0.15) is 36.2 Å². The van der Waals surface area contributed by atoms with Crippen molar-refractivity contribution in [3.63, 3.8) is 0 Å². The number of aromatic carboxylic acids is 1. The Balaban J connectivity index is 2.36. The summed E-state index contributed by atoms with van der Waals surface area (Å²) in [7, 11) is -3.78. The Morgan fingerprint density at radius 1 is 1.48 bits per heavy atom. The molecule has 0 spiro atoms. The maximum absolute atomic E-state index is 12.4. The summed E-state index contributed by atoms with van der Waals surface area (Å²) in [6.07, 6.45) is 1.12. The number of ether oxygens (including phenoxy) is 1. The van der Waals surface area contributed by atoms with Crippen molar-refractivity contribution in [2.75, 3.05) is 13.2 Å². The van der Waals surface area contributed by atoms with Gasteiger partial charge >= 0.3 is 5.97 Å². The molecule has 6 nitrogen and oxygen atoms in total. The molecule has 1 atom stereocenters. The van der Waals surface area contributed by atoms with E-state index in [1.54, 1.807) is 13.0 Å². The van der Waals surface area contributed by atoms with E-state index in [0.29, 0.717) is 31.6 Å². The summed E-state index contributed by atoms with van der Waals surface area (Å²) >= 11 is 0. The van der Waals surface area contributed by atoms with Crippen molar-refractivity contribution in [2.45, 2.75) is 37.1 Å². The SMILES string of the molecule is CCc1ccc(S(=O)(=O)NC2(C)CCOC2)cc1C(=O)O. The first-order valence-electron chi connectivity index (χ1n) is 6.75. The van der Waals surface area contributed by atoms with Gasteiger partial charge in [-0.2, -0.15) is 0 Å². The standard InChI is InChI=1S/C14H19NO5S/c1-3-10-4-5-11(8-12(10)13(16)17)21(18,19)15-14(2)6-7-20-9-14/h4-5,8,15H,3,6-7,9H2,1-2H3,(H,16,17). The molecular weight excluding hydrogens is 294 g/mol. The Morgan fingerprint density at radius 2 is 2.19 bits per heavy atom. The summed E-state index contributed by atoms with van der Waals surface area (Å²) in [5.74, 6) is -1.13. The minimum Gasteiger partial charge on any atom is -0.478 e. The summed E-state index contributed by atoms with van der Waals surface area (Å²) in [5, 5.41) is 9.19. The topological polar surface area (TPSA) is 92.7 Å². The second-order valence-corrected chi connectivity index (χ2v) is 7.13. The maximum Gasteiger partial charge on any atom is 0.336 e. The second-order valence-electron chi connectivity index (χ2n) is 5.45. The number of aryl methyl sites for hydroxylation is 1. The summed E-state index contributed by atoms with van der Waals surface area (Å²) < 4.78 is 32.6. The fourth-order valence-electron chi connectivity index (χ4n) is 2.36. The predicted molar refractivity (Wildman–Crippen MR) is 76.9 cm³/mol. The Labute approximate surface area is 124 Å². The molecule has 1 fully saturated rings. The highest BCUT2D eigenvalue weighted by Gasteiger charge is 2.34. The average molecular weight is 313 g/mol. The summed E-state index contributed by atoms with van der Waals surface area (Å²) in [4.78, 5) is 11.2. The number of carboxylic acid groups (broad SMARTS) is 1. The highest BCUT2D eigenvalue weighted by molar-refractivity contribution is 7.89. The minimum absolute atomic E-state index is 0.0215. The lowest BCUT2D eigenvalue weighted by atomic mass is 10.0. The first-order chi connectivity index (χ1) is 9.77. The van der Waals surface area contributed by atoms with Crippen molar-refractivity contribution in [1.82, 2.24) is 4.72 Å². The van der Waals surface area contributed by atoms with Crippen molar-refractivity contribution >= 4 is 16.0 Å². The van der Waals surface area contributed by atoms with E-state index in [1.807, 2.05) is 6.92 Å². The van der Waals surface area contributed by atoms with Gasteiger partial charge in [0.25, 0.3) is 0 Å². The number of sulfonamides is 1. The van der Waals surface area contributed by atoms with Crippen LogP contribution in [0.2, 0.25) is 0 Å². The molecule has 1 aliphatic rings. The molecule has 2 rings (SSSR count). The van der Waals surface area contributed by atoms with E-state index in [0.717, 1.165) is 0 Å². The molecule has 1 saturated heterocycles. The van der Waals surface area contributed by atoms with Crippen LogP contribution in [0.4, 0.5) is 0 Å². The quantitative estimate of drug-likeness (QED) is 0.857. The number of benzene rings is 1. The zero-order valence-electron chi connectivity index (χ0n) is 12.0. The molecular formula is C14H19NO5S. The maximum atomic E-state index is 12.4. The zero-order valence-corrected chi connectivity index (χ0v) is 12.9. The average Bonchev–Trinajstić information content (AvgIpc) is 2.83. The van der Waals surface area contributed by atoms with Gasteiger partial charge in [0.15, 0.2) is 0 Å². The molecule has 2 N–H and O–H groups in total. The van der Waals surface area contributed by atoms with E-state index < -0.39 is 21.5 Å². The van der Waals surface area contributed by atoms with Crippen LogP contribution >= 0.6 is 0 Å². The monoisotopic (exact) mass is 313 g/mol. The molecule has 0 aliphatic carbocycles. The number of carboxylic acids is 1. The Kier molecular flexibility index (Phi) is 4.36. The molecule has 116 valence electrons. The van der Waals surface area contributed by atoms with E-state index in [9.17, 15) is 18.3 Å². The highest BCUT2D eigenvalue weighted by Crippen LogP contribution is 2.23. The van der Waals surface area contributed by atoms with Crippen LogP contribution in [0.5, 0.6) is 0 Å². The second kappa shape index (κ2) is 5.75. The van der Waals surface area contributed by atoms with Crippen molar-refractivity contribution in [2.24, 2.45) is 0 Å². The summed E-state index contributed by atoms with van der Waals surface area (Å²) in [6, 6.07) is 4.20. The summed E-state index contributed by atoms with van der Waals surface area (Å²) in [5.41, 5.74) is -0.0175. The molecule has 1 aromatic carbocycles. The molecule has 21 heavy (non-hydrogen) atoms. The molecule has 0 aromatic heterocycles. The predicted octanol–water partition coefficient (Wildman–Crippen LogP) is 1.40. The highest BCUT2D eigenvalue weighted by atomic mass is 32.2. The van der Waals surface area contributed by atoms with Gasteiger partial charge in [-0.25, -0.2) is 17.9 Å². The molecule has 0 saturated carbocycles. The van der Waals surface area contributed by atoms with E-state index in [4.69, 9.17) is 4.74 Å². The first kappa shape index (κ1) is 15.9. The largest absolute Gasteiger partial charge is 0.478 e. The normalized spacial score (nSPS) is 22.4. The molecule has 1 unspecified atom stereocenters. The number of nitrogens with one attached hydrogen (secondary N) is 1. The number of hydrogen-bond acceptors (Lipinski definition) is 4. The first-order valence-corrected chi connectivity index (χ1v) is 8.24. The Bertz CT molecular complexity index is 647. The van der Waals surface area contributed by atoms with Crippen LogP contribution in [0, 0.1) is 0 Å². The van der Waals surface area contributed by atoms with Crippen LogP contribution in [-0.2, 0) is 21.2 Å². The van der Waals surface area contributed by atoms with Crippen molar-refractivity contribution in [1.29, 1.82) is 0 Å². The lowest BCUT2D eigenvalue weighted by Crippen LogP contribution is -2.46. The van der Waals surface area contributed by atoms with Gasteiger partial charge in [0.1, 0.15) is 0 Å². The van der Waals surface area contributed by atoms with Gasteiger partial charge in [0.05, 0.1) is 22.6 Å². The third kappa shape index (κ3) is 3.42. The van der Waals surface area contributed by atoms with Crippen LogP contribution in [0.25, 0.3) is 0 Å². The van der Waals surface area contributed by atoms with Crippen molar-refractivity contribution in [3.05, 3.63) is 29.3 Å². The molecule has 0 radical (unpaired) electrons. The van der Waals surface area contributed by atoms with Gasteiger partial charge in [-0.3, -0.25) is 0 Å². The lowest BCUT2D eigenvalue weighted by Gasteiger charge is -2.23. The number of rotatable bonds is 5. The third-order valence-electron chi connectivity index (χ3n) is 3.60. The van der Waals surface area contributed by atoms with Gasteiger partial charge in [-0.05, 0) is 37.5 Å². The van der Waals surface area contributed by atoms with Crippen molar-refractivity contribution in [3.8, 4) is 0 Å². The molecule has 1 aromatic rings. The van der Waals surface area contributed by atoms with E-state index in [-0.39, 0.29) is 10.5 Å². The van der Waals surface area contributed by atoms with E-state index >= 15 is 0 Å². The van der Waals surface area contributed by atoms with Crippen molar-refractivity contribution < 1.29 is 23.1 Å². The molecule has 1 aliphatic heterocycles. The van der Waals surface area contributed by atoms with Gasteiger partial charge in [0.2, 0.25) is 10.0 Å². The fraction of sp³-hybridized carbons (Fsp3) is 0.500. The lowest BCUT2D eigenvalue weighted by molar-refractivity contribution is 0.0695. The molecule has 7 heteroatoms. The molecule has 0 bridgehead atoms. The van der Waals surface area contributed by atoms with Crippen LogP contribution in [0.3, 0.4) is 0 Å². The van der Waals surface area contributed by atoms with E-state index in [2.05, 4.69) is 4.72 Å². The minimum atomic E-state index is -3.78. The van der Waals surface area contributed by atoms with Crippen LogP contribution in [-0.4, -0.2) is 38.2 Å².